The summed E-state index contributed by atoms with van der Waals surface area (Å²) in [6, 6.07) is 0. The van der Waals surface area contributed by atoms with Crippen LogP contribution in [0.3, 0.4) is 0 Å². The third-order valence-corrected chi connectivity index (χ3v) is 4.65. The van der Waals surface area contributed by atoms with Crippen molar-refractivity contribution < 1.29 is 9.53 Å². The van der Waals surface area contributed by atoms with Gasteiger partial charge in [0.1, 0.15) is 6.23 Å². The highest BCUT2D eigenvalue weighted by Crippen LogP contribution is 2.36. The fourth-order valence-corrected chi connectivity index (χ4v) is 3.48. The molecule has 3 aliphatic rings. The Morgan fingerprint density at radius 1 is 1.36 bits per heavy atom. The van der Waals surface area contributed by atoms with Gasteiger partial charge < -0.3 is 4.74 Å². The Bertz CT molecular complexity index is 739. The van der Waals surface area contributed by atoms with E-state index in [-0.39, 0.29) is 18.1 Å². The van der Waals surface area contributed by atoms with Crippen molar-refractivity contribution in [1.82, 2.24) is 9.78 Å². The average molecular weight is 318 g/mol. The van der Waals surface area contributed by atoms with Gasteiger partial charge in [-0.05, 0) is 38.3 Å². The number of carbonyl (C=O) groups excluding carboxylic acids is 1. The first-order valence-electron chi connectivity index (χ1n) is 7.54. The number of ether oxygens (including phenoxy) is 1. The third kappa shape index (κ3) is 2.08. The molecule has 1 aromatic rings. The highest BCUT2D eigenvalue weighted by Gasteiger charge is 2.35. The van der Waals surface area contributed by atoms with E-state index in [4.69, 9.17) is 21.4 Å². The van der Waals surface area contributed by atoms with Crippen LogP contribution in [0.25, 0.3) is 0 Å². The number of rotatable bonds is 1. The molecule has 1 fully saturated rings. The zero-order chi connectivity index (χ0) is 15.3. The molecule has 6 heteroatoms. The van der Waals surface area contributed by atoms with Crippen molar-refractivity contribution in [3.05, 3.63) is 40.2 Å². The normalized spacial score (nSPS) is 27.1. The van der Waals surface area contributed by atoms with Crippen LogP contribution in [0.5, 0.6) is 0 Å². The van der Waals surface area contributed by atoms with Crippen molar-refractivity contribution in [2.75, 3.05) is 6.61 Å². The Hall–Kier alpha value is -1.72. The van der Waals surface area contributed by atoms with Crippen LogP contribution >= 0.6 is 11.6 Å². The highest BCUT2D eigenvalue weighted by molar-refractivity contribution is 6.32. The SMILES string of the molecule is Cc1c2c(nn1C1CCCCO1)C1C=C(Cl)C=CC1=NC2=O. The molecule has 0 aromatic carbocycles. The van der Waals surface area contributed by atoms with Gasteiger partial charge in [-0.1, -0.05) is 17.7 Å². The summed E-state index contributed by atoms with van der Waals surface area (Å²) in [5.41, 5.74) is 2.87. The maximum atomic E-state index is 12.4. The van der Waals surface area contributed by atoms with E-state index >= 15 is 0 Å². The average Bonchev–Trinajstić information content (AvgIpc) is 2.88. The fraction of sp³-hybridized carbons (Fsp3) is 0.438. The zero-order valence-electron chi connectivity index (χ0n) is 12.3. The molecular formula is C16H16ClN3O2. The van der Waals surface area contributed by atoms with E-state index in [9.17, 15) is 4.79 Å². The summed E-state index contributed by atoms with van der Waals surface area (Å²) >= 11 is 6.11. The molecule has 2 atom stereocenters. The molecular weight excluding hydrogens is 302 g/mol. The first-order chi connectivity index (χ1) is 10.6. The summed E-state index contributed by atoms with van der Waals surface area (Å²) in [5.74, 6) is -0.370. The number of aliphatic imine (C=N–C) groups is 1. The highest BCUT2D eigenvalue weighted by atomic mass is 35.5. The van der Waals surface area contributed by atoms with E-state index in [0.717, 1.165) is 37.3 Å². The number of hydrogen-bond acceptors (Lipinski definition) is 3. The minimum Gasteiger partial charge on any atom is -0.357 e. The summed E-state index contributed by atoms with van der Waals surface area (Å²) < 4.78 is 7.66. The molecule has 114 valence electrons. The quantitative estimate of drug-likeness (QED) is 0.799. The first-order valence-corrected chi connectivity index (χ1v) is 7.92. The number of allylic oxidation sites excluding steroid dienone is 4. The molecule has 4 rings (SSSR count). The number of amides is 1. The van der Waals surface area contributed by atoms with Gasteiger partial charge >= 0.3 is 0 Å². The minimum absolute atomic E-state index is 0.0887. The van der Waals surface area contributed by atoms with Gasteiger partial charge in [0.25, 0.3) is 5.91 Å². The van der Waals surface area contributed by atoms with Crippen LogP contribution in [-0.4, -0.2) is 28.0 Å². The van der Waals surface area contributed by atoms with Crippen LogP contribution in [-0.2, 0) is 4.74 Å². The maximum Gasteiger partial charge on any atom is 0.281 e. The number of halogens is 1. The van der Waals surface area contributed by atoms with Crippen LogP contribution in [0.2, 0.25) is 0 Å². The second-order valence-electron chi connectivity index (χ2n) is 5.82. The van der Waals surface area contributed by atoms with E-state index in [2.05, 4.69) is 4.99 Å². The Kier molecular flexibility index (Phi) is 3.27. The Morgan fingerprint density at radius 2 is 2.23 bits per heavy atom. The van der Waals surface area contributed by atoms with Crippen molar-refractivity contribution in [3.8, 4) is 0 Å². The van der Waals surface area contributed by atoms with Gasteiger partial charge in [0.05, 0.1) is 28.6 Å². The standard InChI is InChI=1S/C16H16ClN3O2/c1-9-14-15(19-20(9)13-4-2-3-7-22-13)11-8-10(17)5-6-12(11)18-16(14)21/h5-6,8,11,13H,2-4,7H2,1H3. The summed E-state index contributed by atoms with van der Waals surface area (Å²) in [7, 11) is 0. The van der Waals surface area contributed by atoms with E-state index in [1.165, 1.54) is 0 Å². The molecule has 22 heavy (non-hydrogen) atoms. The van der Waals surface area contributed by atoms with Gasteiger partial charge in [-0.15, -0.1) is 0 Å². The first kappa shape index (κ1) is 13.9. The van der Waals surface area contributed by atoms with Gasteiger partial charge in [0.15, 0.2) is 0 Å². The summed E-state index contributed by atoms with van der Waals surface area (Å²) in [6.45, 7) is 2.65. The molecule has 0 spiro atoms. The number of hydrogen-bond donors (Lipinski definition) is 0. The lowest BCUT2D eigenvalue weighted by Crippen LogP contribution is -2.21. The third-order valence-electron chi connectivity index (χ3n) is 4.40. The van der Waals surface area contributed by atoms with Crippen molar-refractivity contribution >= 4 is 23.2 Å². The lowest BCUT2D eigenvalue weighted by atomic mass is 9.89. The van der Waals surface area contributed by atoms with Crippen LogP contribution in [0.15, 0.2) is 28.3 Å². The monoisotopic (exact) mass is 317 g/mol. The van der Waals surface area contributed by atoms with Gasteiger partial charge in [-0.2, -0.15) is 5.10 Å². The molecule has 0 saturated carbocycles. The topological polar surface area (TPSA) is 56.5 Å². The number of nitrogens with zero attached hydrogens (tertiary/aromatic N) is 3. The van der Waals surface area contributed by atoms with Gasteiger partial charge in [0.2, 0.25) is 0 Å². The van der Waals surface area contributed by atoms with Crippen LogP contribution in [0.4, 0.5) is 0 Å². The van der Waals surface area contributed by atoms with E-state index in [1.807, 2.05) is 17.7 Å². The zero-order valence-corrected chi connectivity index (χ0v) is 13.0. The molecule has 1 aliphatic carbocycles. The summed E-state index contributed by atoms with van der Waals surface area (Å²) in [5, 5.41) is 5.34. The van der Waals surface area contributed by atoms with Gasteiger partial charge in [-0.25, -0.2) is 9.67 Å². The van der Waals surface area contributed by atoms with Crippen molar-refractivity contribution in [2.45, 2.75) is 38.3 Å². The molecule has 1 aromatic heterocycles. The largest absolute Gasteiger partial charge is 0.357 e. The molecule has 0 radical (unpaired) electrons. The van der Waals surface area contributed by atoms with Gasteiger partial charge in [0, 0.05) is 11.6 Å². The van der Waals surface area contributed by atoms with E-state index in [1.54, 1.807) is 12.2 Å². The molecule has 3 heterocycles. The maximum absolute atomic E-state index is 12.4. The molecule has 1 amide bonds. The molecule has 1 saturated heterocycles. The van der Waals surface area contributed by atoms with Crippen LogP contribution in [0.1, 0.15) is 53.2 Å². The lowest BCUT2D eigenvalue weighted by Gasteiger charge is -2.24. The summed E-state index contributed by atoms with van der Waals surface area (Å²) in [6.07, 6.45) is 8.46. The molecule has 0 N–H and O–H groups in total. The predicted molar refractivity (Wildman–Crippen MR) is 83.4 cm³/mol. The second-order valence-corrected chi connectivity index (χ2v) is 6.25. The second kappa shape index (κ2) is 5.18. The number of carbonyl (C=O) groups is 1. The number of fused-ring (bicyclic) bond motifs is 3. The van der Waals surface area contributed by atoms with Crippen molar-refractivity contribution in [2.24, 2.45) is 4.99 Å². The fourth-order valence-electron chi connectivity index (χ4n) is 3.29. The van der Waals surface area contributed by atoms with E-state index in [0.29, 0.717) is 16.3 Å². The van der Waals surface area contributed by atoms with Crippen LogP contribution in [0, 0.1) is 6.92 Å². The summed E-state index contributed by atoms with van der Waals surface area (Å²) in [4.78, 5) is 16.6. The Balaban J connectivity index is 1.81. The molecule has 5 nitrogen and oxygen atoms in total. The van der Waals surface area contributed by atoms with Crippen LogP contribution < -0.4 is 0 Å². The molecule has 0 bridgehead atoms. The van der Waals surface area contributed by atoms with Crippen molar-refractivity contribution in [3.63, 3.8) is 0 Å². The molecule has 2 aliphatic heterocycles. The lowest BCUT2D eigenvalue weighted by molar-refractivity contribution is -0.0408. The predicted octanol–water partition coefficient (Wildman–Crippen LogP) is 3.26. The van der Waals surface area contributed by atoms with Gasteiger partial charge in [-0.3, -0.25) is 4.79 Å². The smallest absolute Gasteiger partial charge is 0.281 e. The molecule has 2 unspecified atom stereocenters. The Labute approximate surface area is 133 Å². The van der Waals surface area contributed by atoms with E-state index < -0.39 is 0 Å². The van der Waals surface area contributed by atoms with Crippen molar-refractivity contribution in [1.29, 1.82) is 0 Å². The number of aromatic nitrogens is 2. The Morgan fingerprint density at radius 3 is 3.00 bits per heavy atom. The minimum atomic E-state index is -0.225.